The number of thioether (sulfide) groups is 1. The fourth-order valence-electron chi connectivity index (χ4n) is 2.54. The van der Waals surface area contributed by atoms with Crippen LogP contribution in [-0.2, 0) is 9.59 Å². The van der Waals surface area contributed by atoms with E-state index in [0.717, 1.165) is 10.5 Å². The lowest BCUT2D eigenvalue weighted by atomic mass is 10.1. The highest BCUT2D eigenvalue weighted by atomic mass is 32.2. The molecule has 0 aromatic heterocycles. The van der Waals surface area contributed by atoms with Crippen LogP contribution in [0.15, 0.2) is 70.7 Å². The lowest BCUT2D eigenvalue weighted by molar-refractivity contribution is -0.136. The van der Waals surface area contributed by atoms with Crippen molar-refractivity contribution in [3.8, 4) is 0 Å². The van der Waals surface area contributed by atoms with Gasteiger partial charge in [-0.1, -0.05) is 48.5 Å². The summed E-state index contributed by atoms with van der Waals surface area (Å²) in [4.78, 5) is 26.9. The molecule has 1 unspecified atom stereocenters. The average molecular weight is 339 g/mol. The smallest absolute Gasteiger partial charge is 0.241 e. The van der Waals surface area contributed by atoms with E-state index in [-0.39, 0.29) is 11.8 Å². The molecule has 1 aliphatic rings. The number of carbonyl (C=O) groups excluding carboxylic acids is 2. The highest BCUT2D eigenvalue weighted by Crippen LogP contribution is 2.36. The van der Waals surface area contributed by atoms with Gasteiger partial charge in [0.2, 0.25) is 11.8 Å². The molecule has 0 saturated heterocycles. The number of hydrogen-bond acceptors (Lipinski definition) is 4. The number of hydrazone groups is 1. The Kier molecular flexibility index (Phi) is 4.66. The highest BCUT2D eigenvalue weighted by molar-refractivity contribution is 8.13. The molecule has 2 aromatic carbocycles. The van der Waals surface area contributed by atoms with Gasteiger partial charge in [0, 0.05) is 18.7 Å². The second kappa shape index (κ2) is 6.88. The van der Waals surface area contributed by atoms with Crippen molar-refractivity contribution in [2.45, 2.75) is 24.9 Å². The first-order valence-electron chi connectivity index (χ1n) is 7.54. The Labute approximate surface area is 145 Å². The zero-order valence-corrected chi connectivity index (χ0v) is 14.2. The van der Waals surface area contributed by atoms with Gasteiger partial charge in [-0.3, -0.25) is 14.5 Å². The van der Waals surface area contributed by atoms with Gasteiger partial charge in [-0.2, -0.15) is 0 Å². The quantitative estimate of drug-likeness (QED) is 0.842. The number of carbonyl (C=O) groups is 2. The third-order valence-corrected chi connectivity index (χ3v) is 4.56. The van der Waals surface area contributed by atoms with Crippen molar-refractivity contribution in [3.63, 3.8) is 0 Å². The van der Waals surface area contributed by atoms with E-state index in [2.05, 4.69) is 5.10 Å². The van der Waals surface area contributed by atoms with Crippen molar-refractivity contribution in [3.05, 3.63) is 66.2 Å². The molecule has 5 nitrogen and oxygen atoms in total. The zero-order chi connectivity index (χ0) is 17.1. The van der Waals surface area contributed by atoms with Crippen LogP contribution >= 0.6 is 11.8 Å². The van der Waals surface area contributed by atoms with E-state index in [0.29, 0.717) is 5.17 Å². The molecule has 1 atom stereocenters. The van der Waals surface area contributed by atoms with Gasteiger partial charge in [-0.05, 0) is 29.5 Å². The van der Waals surface area contributed by atoms with Crippen molar-refractivity contribution in [1.82, 2.24) is 9.91 Å². The van der Waals surface area contributed by atoms with E-state index in [9.17, 15) is 9.59 Å². The third kappa shape index (κ3) is 3.19. The summed E-state index contributed by atoms with van der Waals surface area (Å²) >= 11 is 1.37. The first kappa shape index (κ1) is 16.3. The van der Waals surface area contributed by atoms with Crippen molar-refractivity contribution < 1.29 is 9.59 Å². The van der Waals surface area contributed by atoms with Gasteiger partial charge in [0.25, 0.3) is 0 Å². The molecule has 0 radical (unpaired) electrons. The molecule has 3 rings (SSSR count). The molecule has 2 aromatic rings. The SMILES string of the molecule is CC(=O)N1N=C(Sc2ccccc2)N(C(C)=O)C1c1ccccc1. The van der Waals surface area contributed by atoms with Gasteiger partial charge in [-0.15, -0.1) is 5.10 Å². The summed E-state index contributed by atoms with van der Waals surface area (Å²) in [5.41, 5.74) is 0.843. The van der Waals surface area contributed by atoms with Gasteiger partial charge in [-0.25, -0.2) is 5.01 Å². The van der Waals surface area contributed by atoms with Crippen LogP contribution in [0.25, 0.3) is 0 Å². The Morgan fingerprint density at radius 3 is 2.04 bits per heavy atom. The van der Waals surface area contributed by atoms with E-state index >= 15 is 0 Å². The number of nitrogens with zero attached hydrogens (tertiary/aromatic N) is 3. The van der Waals surface area contributed by atoms with E-state index in [4.69, 9.17) is 0 Å². The maximum atomic E-state index is 12.3. The number of amidine groups is 1. The molecule has 0 fully saturated rings. The first-order chi connectivity index (χ1) is 11.6. The number of rotatable bonds is 2. The van der Waals surface area contributed by atoms with Crippen LogP contribution in [0.2, 0.25) is 0 Å². The molecular formula is C18H17N3O2S. The molecule has 1 heterocycles. The van der Waals surface area contributed by atoms with Gasteiger partial charge in [0.1, 0.15) is 0 Å². The molecule has 122 valence electrons. The minimum absolute atomic E-state index is 0.158. The van der Waals surface area contributed by atoms with E-state index < -0.39 is 6.17 Å². The fraction of sp³-hybridized carbons (Fsp3) is 0.167. The number of amides is 2. The van der Waals surface area contributed by atoms with E-state index in [1.165, 1.54) is 30.6 Å². The second-order valence-electron chi connectivity index (χ2n) is 5.33. The topological polar surface area (TPSA) is 53.0 Å². The van der Waals surface area contributed by atoms with Crippen LogP contribution in [0.4, 0.5) is 0 Å². The summed E-state index contributed by atoms with van der Waals surface area (Å²) in [6, 6.07) is 19.1. The molecule has 6 heteroatoms. The second-order valence-corrected chi connectivity index (χ2v) is 6.38. The first-order valence-corrected chi connectivity index (χ1v) is 8.35. The van der Waals surface area contributed by atoms with Crippen LogP contribution in [-0.4, -0.2) is 26.9 Å². The van der Waals surface area contributed by atoms with Crippen LogP contribution in [0.5, 0.6) is 0 Å². The van der Waals surface area contributed by atoms with E-state index in [1.54, 1.807) is 4.90 Å². The van der Waals surface area contributed by atoms with E-state index in [1.807, 2.05) is 60.7 Å². The van der Waals surface area contributed by atoms with Crippen molar-refractivity contribution in [2.75, 3.05) is 0 Å². The molecule has 1 aliphatic heterocycles. The third-order valence-electron chi connectivity index (χ3n) is 3.59. The lowest BCUT2D eigenvalue weighted by Crippen LogP contribution is -2.38. The summed E-state index contributed by atoms with van der Waals surface area (Å²) in [7, 11) is 0. The van der Waals surface area contributed by atoms with Gasteiger partial charge >= 0.3 is 0 Å². The zero-order valence-electron chi connectivity index (χ0n) is 13.4. The van der Waals surface area contributed by atoms with Crippen molar-refractivity contribution in [2.24, 2.45) is 5.10 Å². The molecule has 0 saturated carbocycles. The Balaban J connectivity index is 2.00. The van der Waals surface area contributed by atoms with Crippen molar-refractivity contribution >= 4 is 28.7 Å². The molecule has 0 bridgehead atoms. The minimum atomic E-state index is -0.549. The Morgan fingerprint density at radius 1 is 0.917 bits per heavy atom. The lowest BCUT2D eigenvalue weighted by Gasteiger charge is -2.28. The Hall–Kier alpha value is -2.60. The van der Waals surface area contributed by atoms with Gasteiger partial charge in [0.15, 0.2) is 11.3 Å². The van der Waals surface area contributed by atoms with Gasteiger partial charge < -0.3 is 0 Å². The monoisotopic (exact) mass is 339 g/mol. The summed E-state index contributed by atoms with van der Waals surface area (Å²) in [5, 5.41) is 6.27. The normalized spacial score (nSPS) is 16.9. The van der Waals surface area contributed by atoms with Crippen LogP contribution < -0.4 is 0 Å². The molecular weight excluding hydrogens is 322 g/mol. The Morgan fingerprint density at radius 2 is 1.50 bits per heavy atom. The fourth-order valence-corrected chi connectivity index (χ4v) is 3.50. The van der Waals surface area contributed by atoms with Crippen LogP contribution in [0.3, 0.4) is 0 Å². The molecule has 2 amide bonds. The highest BCUT2D eigenvalue weighted by Gasteiger charge is 2.40. The van der Waals surface area contributed by atoms with Gasteiger partial charge in [0.05, 0.1) is 0 Å². The number of hydrogen-bond donors (Lipinski definition) is 0. The predicted molar refractivity (Wildman–Crippen MR) is 94.0 cm³/mol. The summed E-state index contributed by atoms with van der Waals surface area (Å²) in [5.74, 6) is -0.367. The average Bonchev–Trinajstić information content (AvgIpc) is 2.96. The molecule has 24 heavy (non-hydrogen) atoms. The standard InChI is InChI=1S/C18H17N3O2S/c1-13(22)20-17(15-9-5-3-6-10-15)21(14(2)23)19-18(20)24-16-11-7-4-8-12-16/h3-12,17H,1-2H3. The molecule has 0 N–H and O–H groups in total. The maximum Gasteiger partial charge on any atom is 0.241 e. The van der Waals surface area contributed by atoms with Crippen LogP contribution in [0.1, 0.15) is 25.6 Å². The largest absolute Gasteiger partial charge is 0.275 e. The van der Waals surface area contributed by atoms with Crippen LogP contribution in [0, 0.1) is 0 Å². The summed E-state index contributed by atoms with van der Waals surface area (Å²) < 4.78 is 0. The molecule has 0 aliphatic carbocycles. The summed E-state index contributed by atoms with van der Waals surface area (Å²) in [6.45, 7) is 2.94. The number of benzene rings is 2. The maximum absolute atomic E-state index is 12.3. The molecule has 0 spiro atoms. The summed E-state index contributed by atoms with van der Waals surface area (Å²) in [6.07, 6.45) is -0.549. The Bertz CT molecular complexity index is 777. The van der Waals surface area contributed by atoms with Crippen molar-refractivity contribution in [1.29, 1.82) is 0 Å². The predicted octanol–water partition coefficient (Wildman–Crippen LogP) is 3.46. The minimum Gasteiger partial charge on any atom is -0.275 e.